The normalized spacial score (nSPS) is 9.60. The van der Waals surface area contributed by atoms with Crippen LogP contribution in [0.25, 0.3) is 21.5 Å². The number of carbonyl (C=O) groups is 2. The first-order valence-electron chi connectivity index (χ1n) is 8.22. The minimum atomic E-state index is -0.908. The number of rotatable bonds is 2. The molecule has 0 aliphatic heterocycles. The maximum Gasteiger partial charge on any atom is 1.00 e. The molecule has 30 heavy (non-hydrogen) atoms. The Hall–Kier alpha value is -1.22. The van der Waals surface area contributed by atoms with Gasteiger partial charge in [-0.1, -0.05) is 48.5 Å². The topological polar surface area (TPSA) is 74.6 Å². The maximum absolute atomic E-state index is 10.7. The summed E-state index contributed by atoms with van der Waals surface area (Å²) in [5.41, 5.74) is 0.601. The van der Waals surface area contributed by atoms with Crippen LogP contribution >= 0.6 is 0 Å². The van der Waals surface area contributed by atoms with E-state index in [1.54, 1.807) is 48.5 Å². The van der Waals surface area contributed by atoms with Gasteiger partial charge in [0.15, 0.2) is 0 Å². The average Bonchev–Trinajstić information content (AvgIpc) is 2.67. The smallest absolute Gasteiger partial charge is 0.780 e. The summed E-state index contributed by atoms with van der Waals surface area (Å²) in [4.78, 5) is 22.9. The summed E-state index contributed by atoms with van der Waals surface area (Å²) in [7, 11) is 0. The van der Waals surface area contributed by atoms with Gasteiger partial charge in [-0.2, -0.15) is 9.79 Å². The Morgan fingerprint density at radius 2 is 0.833 bits per heavy atom. The number of hydrogen-bond acceptors (Lipinski definition) is 4. The van der Waals surface area contributed by atoms with Crippen molar-refractivity contribution in [3.8, 4) is 0 Å². The van der Waals surface area contributed by atoms with Gasteiger partial charge < -0.3 is 35.5 Å². The number of carboxylic acid groups (broad SMARTS) is 2. The first-order valence-corrected chi connectivity index (χ1v) is 9.03. The molecule has 0 aromatic heterocycles. The molecule has 0 spiro atoms. The van der Waals surface area contributed by atoms with Crippen LogP contribution in [0.4, 0.5) is 0 Å². The molecule has 4 nitrogen and oxygen atoms in total. The van der Waals surface area contributed by atoms with E-state index in [1.807, 2.05) is 24.3 Å². The van der Waals surface area contributed by atoms with Gasteiger partial charge in [-0.25, -0.2) is 9.59 Å². The van der Waals surface area contributed by atoms with Crippen molar-refractivity contribution in [2.24, 2.45) is 0 Å². The minimum absolute atomic E-state index is 0. The van der Waals surface area contributed by atoms with Gasteiger partial charge in [-0.15, -0.1) is 0 Å². The van der Waals surface area contributed by atoms with E-state index in [9.17, 15) is 9.59 Å². The van der Waals surface area contributed by atoms with Gasteiger partial charge in [-0.05, 0) is 45.8 Å². The zero-order chi connectivity index (χ0) is 20.3. The van der Waals surface area contributed by atoms with E-state index >= 15 is 0 Å². The number of carboxylic acids is 2. The van der Waals surface area contributed by atoms with Gasteiger partial charge in [-0.3, -0.25) is 0 Å². The van der Waals surface area contributed by atoms with E-state index in [4.69, 9.17) is 35.5 Å². The van der Waals surface area contributed by atoms with E-state index in [1.165, 1.54) is 0 Å². The standard InChI is InChI=1S/2C11H8O2S.2Na/c2*12-11(13)9-2-1-8-6-10(14)4-3-7(8)5-9;;/h2*1-6,14H,(H,12,13);;/q;;2*+1/p-2. The molecule has 4 aromatic rings. The molecule has 140 valence electrons. The number of fused-ring (bicyclic) bond motifs is 2. The Kier molecular flexibility index (Phi) is 10.7. The summed E-state index contributed by atoms with van der Waals surface area (Å²) in [6.07, 6.45) is 0. The van der Waals surface area contributed by atoms with Gasteiger partial charge in [0.25, 0.3) is 0 Å². The number of benzene rings is 4. The van der Waals surface area contributed by atoms with Crippen molar-refractivity contribution in [1.29, 1.82) is 0 Å². The van der Waals surface area contributed by atoms with Gasteiger partial charge in [0.2, 0.25) is 0 Å². The van der Waals surface area contributed by atoms with Crippen LogP contribution < -0.4 is 59.1 Å². The van der Waals surface area contributed by atoms with Crippen molar-refractivity contribution in [1.82, 2.24) is 0 Å². The molecular formula is C22H14Na2O4S2. The Balaban J connectivity index is 0.000000281. The maximum atomic E-state index is 10.7. The molecule has 0 unspecified atom stereocenters. The Morgan fingerprint density at radius 3 is 1.17 bits per heavy atom. The second-order valence-electron chi connectivity index (χ2n) is 6.06. The third kappa shape index (κ3) is 6.90. The molecule has 0 radical (unpaired) electrons. The molecule has 4 aromatic carbocycles. The molecule has 0 atom stereocenters. The number of hydrogen-bond donors (Lipinski definition) is 2. The predicted molar refractivity (Wildman–Crippen MR) is 113 cm³/mol. The van der Waals surface area contributed by atoms with Crippen LogP contribution in [0.5, 0.6) is 0 Å². The fourth-order valence-electron chi connectivity index (χ4n) is 2.71. The van der Waals surface area contributed by atoms with Crippen LogP contribution in [0.2, 0.25) is 0 Å². The molecular weight excluding hydrogens is 438 g/mol. The van der Waals surface area contributed by atoms with E-state index in [0.717, 1.165) is 31.3 Å². The van der Waals surface area contributed by atoms with Crippen molar-refractivity contribution in [3.63, 3.8) is 0 Å². The molecule has 4 rings (SSSR count). The second-order valence-corrected chi connectivity index (χ2v) is 7.00. The summed E-state index contributed by atoms with van der Waals surface area (Å²) in [5.74, 6) is -1.82. The van der Waals surface area contributed by atoms with E-state index < -0.39 is 11.9 Å². The second kappa shape index (κ2) is 12.0. The van der Waals surface area contributed by atoms with Gasteiger partial charge in [0, 0.05) is 0 Å². The summed E-state index contributed by atoms with van der Waals surface area (Å²) in [6.45, 7) is 0. The number of aromatic carboxylic acids is 2. The summed E-state index contributed by atoms with van der Waals surface area (Å²) < 4.78 is 0. The van der Waals surface area contributed by atoms with Crippen LogP contribution in [0.15, 0.2) is 82.6 Å². The van der Waals surface area contributed by atoms with Crippen LogP contribution in [-0.4, -0.2) is 22.2 Å². The van der Waals surface area contributed by atoms with Crippen LogP contribution in [0.1, 0.15) is 20.7 Å². The Labute approximate surface area is 229 Å². The third-order valence-corrected chi connectivity index (χ3v) is 4.63. The molecule has 0 saturated carbocycles. The van der Waals surface area contributed by atoms with Crippen molar-refractivity contribution in [2.45, 2.75) is 9.79 Å². The van der Waals surface area contributed by atoms with Crippen LogP contribution in [-0.2, 0) is 25.3 Å². The van der Waals surface area contributed by atoms with Gasteiger partial charge in [0.1, 0.15) is 0 Å². The summed E-state index contributed by atoms with van der Waals surface area (Å²) in [6, 6.07) is 21.0. The van der Waals surface area contributed by atoms with Crippen molar-refractivity contribution >= 4 is 58.7 Å². The zero-order valence-electron chi connectivity index (χ0n) is 16.5. The Bertz CT molecular complexity index is 1120. The fraction of sp³-hybridized carbons (Fsp3) is 0. The van der Waals surface area contributed by atoms with Crippen molar-refractivity contribution in [3.05, 3.63) is 83.9 Å². The largest absolute Gasteiger partial charge is 1.00 e. The average molecular weight is 452 g/mol. The SMILES string of the molecule is O=C(O)c1ccc2cc([S-])ccc2c1.O=C(O)c1ccc2cc([S-])ccc2c1.[Na+].[Na+]. The summed E-state index contributed by atoms with van der Waals surface area (Å²) in [5, 5.41) is 21.3. The molecule has 0 aliphatic rings. The first kappa shape index (κ1) is 26.8. The molecule has 0 saturated heterocycles. The molecule has 0 bridgehead atoms. The van der Waals surface area contributed by atoms with E-state index in [-0.39, 0.29) is 59.1 Å². The molecule has 0 heterocycles. The minimum Gasteiger partial charge on any atom is -0.780 e. The van der Waals surface area contributed by atoms with Gasteiger partial charge >= 0.3 is 71.1 Å². The van der Waals surface area contributed by atoms with Crippen LogP contribution in [0.3, 0.4) is 0 Å². The van der Waals surface area contributed by atoms with Crippen molar-refractivity contribution in [2.75, 3.05) is 0 Å². The van der Waals surface area contributed by atoms with E-state index in [2.05, 4.69) is 0 Å². The van der Waals surface area contributed by atoms with Crippen molar-refractivity contribution < 1.29 is 78.9 Å². The molecule has 0 amide bonds. The first-order chi connectivity index (χ1) is 13.3. The monoisotopic (exact) mass is 452 g/mol. The Morgan fingerprint density at radius 1 is 0.533 bits per heavy atom. The van der Waals surface area contributed by atoms with Crippen LogP contribution in [0, 0.1) is 0 Å². The fourth-order valence-corrected chi connectivity index (χ4v) is 3.10. The molecule has 0 aliphatic carbocycles. The molecule has 2 N–H and O–H groups in total. The zero-order valence-corrected chi connectivity index (χ0v) is 22.1. The van der Waals surface area contributed by atoms with Gasteiger partial charge in [0.05, 0.1) is 11.1 Å². The molecule has 8 heteroatoms. The summed E-state index contributed by atoms with van der Waals surface area (Å²) >= 11 is 10.0. The molecule has 0 fully saturated rings. The van der Waals surface area contributed by atoms with E-state index in [0.29, 0.717) is 11.1 Å². The third-order valence-electron chi connectivity index (χ3n) is 4.12. The predicted octanol–water partition coefficient (Wildman–Crippen LogP) is -1.10. The quantitative estimate of drug-likeness (QED) is 0.297.